The van der Waals surface area contributed by atoms with Crippen molar-refractivity contribution < 1.29 is 4.39 Å². The lowest BCUT2D eigenvalue weighted by molar-refractivity contribution is 0.628. The molecule has 0 heterocycles. The molecule has 0 unspecified atom stereocenters. The number of aryl methyl sites for hydroxylation is 2. The van der Waals surface area contributed by atoms with Gasteiger partial charge in [0.25, 0.3) is 0 Å². The summed E-state index contributed by atoms with van der Waals surface area (Å²) in [6.45, 7) is 4.76. The Morgan fingerprint density at radius 3 is 2.61 bits per heavy atom. The van der Waals surface area contributed by atoms with E-state index in [2.05, 4.69) is 37.4 Å². The van der Waals surface area contributed by atoms with Crippen molar-refractivity contribution in [2.75, 3.05) is 5.32 Å². The van der Waals surface area contributed by atoms with Crippen molar-refractivity contribution in [3.05, 3.63) is 63.9 Å². The van der Waals surface area contributed by atoms with Gasteiger partial charge in [0.2, 0.25) is 0 Å². The van der Waals surface area contributed by atoms with Gasteiger partial charge in [-0.05, 0) is 43.2 Å². The van der Waals surface area contributed by atoms with Gasteiger partial charge in [-0.3, -0.25) is 0 Å². The van der Waals surface area contributed by atoms with Crippen LogP contribution in [0.25, 0.3) is 0 Å². The molecule has 0 amide bonds. The van der Waals surface area contributed by atoms with Gasteiger partial charge in [0.05, 0.1) is 10.7 Å². The summed E-state index contributed by atoms with van der Waals surface area (Å²) < 4.78 is 13.1. The van der Waals surface area contributed by atoms with Gasteiger partial charge in [-0.15, -0.1) is 0 Å². The second kappa shape index (κ2) is 5.40. The standard InChI is InChI=1S/C15H15ClFN/c1-10-3-4-12(11(2)7-10)9-18-15-8-13(17)5-6-14(15)16/h3-8,18H,9H2,1-2H3. The Balaban J connectivity index is 2.13. The van der Waals surface area contributed by atoms with E-state index in [0.717, 1.165) is 0 Å². The molecule has 1 nitrogen and oxygen atoms in total. The first-order valence-corrected chi connectivity index (χ1v) is 6.19. The number of anilines is 1. The quantitative estimate of drug-likeness (QED) is 0.846. The lowest BCUT2D eigenvalue weighted by Crippen LogP contribution is -2.02. The van der Waals surface area contributed by atoms with Gasteiger partial charge in [0, 0.05) is 6.54 Å². The van der Waals surface area contributed by atoms with Crippen LogP contribution in [0.4, 0.5) is 10.1 Å². The number of halogens is 2. The maximum Gasteiger partial charge on any atom is 0.125 e. The van der Waals surface area contributed by atoms with Crippen LogP contribution < -0.4 is 5.32 Å². The maximum absolute atomic E-state index is 13.1. The van der Waals surface area contributed by atoms with Gasteiger partial charge >= 0.3 is 0 Å². The van der Waals surface area contributed by atoms with Gasteiger partial charge in [-0.25, -0.2) is 4.39 Å². The van der Waals surface area contributed by atoms with E-state index < -0.39 is 0 Å². The number of benzene rings is 2. The molecule has 0 radical (unpaired) electrons. The number of nitrogens with one attached hydrogen (secondary N) is 1. The van der Waals surface area contributed by atoms with Crippen molar-refractivity contribution >= 4 is 17.3 Å². The topological polar surface area (TPSA) is 12.0 Å². The Bertz CT molecular complexity index is 566. The third kappa shape index (κ3) is 3.02. The molecule has 0 saturated carbocycles. The SMILES string of the molecule is Cc1ccc(CNc2cc(F)ccc2Cl)c(C)c1. The first kappa shape index (κ1) is 12.9. The molecule has 18 heavy (non-hydrogen) atoms. The molecule has 0 saturated heterocycles. The fourth-order valence-corrected chi connectivity index (χ4v) is 2.05. The van der Waals surface area contributed by atoms with Gasteiger partial charge in [-0.1, -0.05) is 35.4 Å². The first-order valence-electron chi connectivity index (χ1n) is 5.81. The minimum absolute atomic E-state index is 0.289. The Morgan fingerprint density at radius 1 is 1.11 bits per heavy atom. The number of hydrogen-bond acceptors (Lipinski definition) is 1. The van der Waals surface area contributed by atoms with Gasteiger partial charge in [-0.2, -0.15) is 0 Å². The van der Waals surface area contributed by atoms with Crippen molar-refractivity contribution in [2.45, 2.75) is 20.4 Å². The molecular weight excluding hydrogens is 249 g/mol. The van der Waals surface area contributed by atoms with E-state index in [4.69, 9.17) is 11.6 Å². The van der Waals surface area contributed by atoms with E-state index in [0.29, 0.717) is 17.3 Å². The predicted molar refractivity (Wildman–Crippen MR) is 74.7 cm³/mol. The summed E-state index contributed by atoms with van der Waals surface area (Å²) in [5, 5.41) is 3.69. The van der Waals surface area contributed by atoms with Gasteiger partial charge in [0.1, 0.15) is 5.82 Å². The van der Waals surface area contributed by atoms with E-state index >= 15 is 0 Å². The van der Waals surface area contributed by atoms with Crippen LogP contribution in [0.15, 0.2) is 36.4 Å². The molecule has 3 heteroatoms. The Kier molecular flexibility index (Phi) is 3.87. The monoisotopic (exact) mass is 263 g/mol. The van der Waals surface area contributed by atoms with Crippen LogP contribution >= 0.6 is 11.6 Å². The molecule has 0 aliphatic heterocycles. The molecule has 0 aliphatic rings. The smallest absolute Gasteiger partial charge is 0.125 e. The van der Waals surface area contributed by atoms with Crippen LogP contribution in [-0.4, -0.2) is 0 Å². The second-order valence-electron chi connectivity index (χ2n) is 4.41. The molecule has 2 aromatic carbocycles. The summed E-state index contributed by atoms with van der Waals surface area (Å²) in [4.78, 5) is 0. The molecule has 2 aromatic rings. The van der Waals surface area contributed by atoms with E-state index in [1.165, 1.54) is 28.8 Å². The Hall–Kier alpha value is -1.54. The molecule has 0 atom stereocenters. The van der Waals surface area contributed by atoms with Crippen LogP contribution in [-0.2, 0) is 6.54 Å². The van der Waals surface area contributed by atoms with E-state index in [-0.39, 0.29) is 5.82 Å². The highest BCUT2D eigenvalue weighted by Crippen LogP contribution is 2.23. The van der Waals surface area contributed by atoms with Crippen LogP contribution in [0.2, 0.25) is 5.02 Å². The normalized spacial score (nSPS) is 10.4. The predicted octanol–water partition coefficient (Wildman–Crippen LogP) is 4.71. The zero-order chi connectivity index (χ0) is 13.1. The molecule has 2 rings (SSSR count). The molecule has 0 fully saturated rings. The van der Waals surface area contributed by atoms with E-state index in [1.54, 1.807) is 6.07 Å². The fraction of sp³-hybridized carbons (Fsp3) is 0.200. The van der Waals surface area contributed by atoms with Crippen LogP contribution in [0.3, 0.4) is 0 Å². The summed E-state index contributed by atoms with van der Waals surface area (Å²) in [5.74, 6) is -0.289. The average Bonchev–Trinajstić information content (AvgIpc) is 2.32. The highest BCUT2D eigenvalue weighted by Gasteiger charge is 2.03. The lowest BCUT2D eigenvalue weighted by atomic mass is 10.1. The number of rotatable bonds is 3. The minimum Gasteiger partial charge on any atom is -0.380 e. The minimum atomic E-state index is -0.289. The summed E-state index contributed by atoms with van der Waals surface area (Å²) in [5.41, 5.74) is 4.26. The van der Waals surface area contributed by atoms with Crippen LogP contribution in [0.5, 0.6) is 0 Å². The Labute approximate surface area is 112 Å². The van der Waals surface area contributed by atoms with Crippen LogP contribution in [0.1, 0.15) is 16.7 Å². The lowest BCUT2D eigenvalue weighted by Gasteiger charge is -2.11. The zero-order valence-electron chi connectivity index (χ0n) is 10.4. The first-order chi connectivity index (χ1) is 8.56. The summed E-state index contributed by atoms with van der Waals surface area (Å²) >= 11 is 6.00. The van der Waals surface area contributed by atoms with Crippen molar-refractivity contribution in [3.8, 4) is 0 Å². The number of hydrogen-bond donors (Lipinski definition) is 1. The van der Waals surface area contributed by atoms with Crippen molar-refractivity contribution in [1.29, 1.82) is 0 Å². The highest BCUT2D eigenvalue weighted by atomic mass is 35.5. The third-order valence-electron chi connectivity index (χ3n) is 2.90. The third-order valence-corrected chi connectivity index (χ3v) is 3.23. The molecule has 0 aromatic heterocycles. The van der Waals surface area contributed by atoms with Crippen molar-refractivity contribution in [3.63, 3.8) is 0 Å². The zero-order valence-corrected chi connectivity index (χ0v) is 11.2. The van der Waals surface area contributed by atoms with Gasteiger partial charge in [0.15, 0.2) is 0 Å². The molecule has 94 valence electrons. The van der Waals surface area contributed by atoms with E-state index in [1.807, 2.05) is 0 Å². The average molecular weight is 264 g/mol. The molecule has 0 bridgehead atoms. The van der Waals surface area contributed by atoms with Crippen molar-refractivity contribution in [2.24, 2.45) is 0 Å². The molecular formula is C15H15ClFN. The van der Waals surface area contributed by atoms with Gasteiger partial charge < -0.3 is 5.32 Å². The molecule has 0 spiro atoms. The Morgan fingerprint density at radius 2 is 1.89 bits per heavy atom. The molecule has 1 N–H and O–H groups in total. The summed E-state index contributed by atoms with van der Waals surface area (Å²) in [7, 11) is 0. The second-order valence-corrected chi connectivity index (χ2v) is 4.81. The van der Waals surface area contributed by atoms with Crippen molar-refractivity contribution in [1.82, 2.24) is 0 Å². The fourth-order valence-electron chi connectivity index (χ4n) is 1.87. The largest absolute Gasteiger partial charge is 0.380 e. The molecule has 0 aliphatic carbocycles. The maximum atomic E-state index is 13.1. The highest BCUT2D eigenvalue weighted by molar-refractivity contribution is 6.33. The van der Waals surface area contributed by atoms with Crippen LogP contribution in [0, 0.1) is 19.7 Å². The summed E-state index contributed by atoms with van der Waals surface area (Å²) in [6.07, 6.45) is 0. The van der Waals surface area contributed by atoms with E-state index in [9.17, 15) is 4.39 Å². The summed E-state index contributed by atoms with van der Waals surface area (Å²) in [6, 6.07) is 10.6.